The van der Waals surface area contributed by atoms with Crippen molar-refractivity contribution in [2.75, 3.05) is 44.8 Å². The van der Waals surface area contributed by atoms with Crippen molar-refractivity contribution in [2.24, 2.45) is 0 Å². The number of imide groups is 1. The zero-order valence-corrected chi connectivity index (χ0v) is 15.0. The first-order chi connectivity index (χ1) is 13.6. The number of benzene rings is 1. The molecule has 28 heavy (non-hydrogen) atoms. The number of nitro groups is 1. The van der Waals surface area contributed by atoms with Crippen LogP contribution in [0.25, 0.3) is 11.0 Å². The van der Waals surface area contributed by atoms with Gasteiger partial charge in [0.15, 0.2) is 5.52 Å². The van der Waals surface area contributed by atoms with E-state index >= 15 is 0 Å². The second-order valence-electron chi connectivity index (χ2n) is 5.94. The average Bonchev–Trinajstić information content (AvgIpc) is 3.28. The van der Waals surface area contributed by atoms with Gasteiger partial charge in [0.25, 0.3) is 0 Å². The van der Waals surface area contributed by atoms with Crippen LogP contribution < -0.4 is 5.32 Å². The van der Waals surface area contributed by atoms with Crippen molar-refractivity contribution in [1.29, 1.82) is 0 Å². The Balaban J connectivity index is 1.30. The molecule has 1 fully saturated rings. The fourth-order valence-corrected chi connectivity index (χ4v) is 2.75. The smallest absolute Gasteiger partial charge is 0.300 e. The summed E-state index contributed by atoms with van der Waals surface area (Å²) in [7, 11) is 0. The van der Waals surface area contributed by atoms with Crippen molar-refractivity contribution in [1.82, 2.24) is 15.2 Å². The molecule has 150 valence electrons. The van der Waals surface area contributed by atoms with Gasteiger partial charge in [-0.05, 0) is 16.4 Å². The summed E-state index contributed by atoms with van der Waals surface area (Å²) in [6.07, 6.45) is 0.556. The first-order valence-corrected chi connectivity index (χ1v) is 8.70. The lowest BCUT2D eigenvalue weighted by molar-refractivity contribution is -0.383. The second-order valence-corrected chi connectivity index (χ2v) is 5.94. The quantitative estimate of drug-likeness (QED) is 0.250. The standard InChI is InChI=1S/C16H19N5O7/c22-13-3-4-14(23)20(13)6-8-27-10-9-26-7-5-17-11-1-2-12(21(24)25)16-15(11)18-28-19-16/h1-2,17H,3-10H2. The number of hydrogen-bond acceptors (Lipinski definition) is 10. The molecule has 2 amide bonds. The number of likely N-dealkylation sites (tertiary alicyclic amines) is 1. The molecule has 12 nitrogen and oxygen atoms in total. The maximum absolute atomic E-state index is 11.4. The largest absolute Gasteiger partial charge is 0.381 e. The summed E-state index contributed by atoms with van der Waals surface area (Å²) >= 11 is 0. The van der Waals surface area contributed by atoms with Crippen LogP contribution in [0.2, 0.25) is 0 Å². The van der Waals surface area contributed by atoms with Crippen LogP contribution in [0, 0.1) is 10.1 Å². The number of amides is 2. The highest BCUT2D eigenvalue weighted by atomic mass is 16.6. The van der Waals surface area contributed by atoms with E-state index in [9.17, 15) is 19.7 Å². The number of nitro benzene ring substituents is 1. The summed E-state index contributed by atoms with van der Waals surface area (Å²) in [5.74, 6) is -0.308. The van der Waals surface area contributed by atoms with Crippen LogP contribution in [-0.2, 0) is 19.1 Å². The summed E-state index contributed by atoms with van der Waals surface area (Å²) in [5.41, 5.74) is 0.747. The van der Waals surface area contributed by atoms with Gasteiger partial charge in [0.2, 0.25) is 17.3 Å². The third kappa shape index (κ3) is 4.58. The highest BCUT2D eigenvalue weighted by molar-refractivity contribution is 6.01. The predicted molar refractivity (Wildman–Crippen MR) is 94.5 cm³/mol. The van der Waals surface area contributed by atoms with Crippen molar-refractivity contribution in [3.05, 3.63) is 22.2 Å². The van der Waals surface area contributed by atoms with Crippen molar-refractivity contribution in [3.63, 3.8) is 0 Å². The highest BCUT2D eigenvalue weighted by Gasteiger charge is 2.28. The van der Waals surface area contributed by atoms with E-state index in [4.69, 9.17) is 9.47 Å². The van der Waals surface area contributed by atoms with E-state index in [1.807, 2.05) is 0 Å². The second kappa shape index (κ2) is 9.19. The molecule has 2 aromatic rings. The maximum atomic E-state index is 11.4. The Hall–Kier alpha value is -3.12. The monoisotopic (exact) mass is 393 g/mol. The van der Waals surface area contributed by atoms with E-state index in [2.05, 4.69) is 20.3 Å². The van der Waals surface area contributed by atoms with Crippen LogP contribution in [0.3, 0.4) is 0 Å². The molecular weight excluding hydrogens is 374 g/mol. The number of anilines is 1. The van der Waals surface area contributed by atoms with Crippen LogP contribution in [0.15, 0.2) is 16.8 Å². The molecule has 0 radical (unpaired) electrons. The summed E-state index contributed by atoms with van der Waals surface area (Å²) in [6.45, 7) is 2.04. The Morgan fingerprint density at radius 3 is 2.46 bits per heavy atom. The van der Waals surface area contributed by atoms with Gasteiger partial charge in [0.05, 0.1) is 43.6 Å². The minimum absolute atomic E-state index is 0.0827. The molecule has 0 saturated carbocycles. The van der Waals surface area contributed by atoms with E-state index in [0.717, 1.165) is 0 Å². The van der Waals surface area contributed by atoms with Gasteiger partial charge in [-0.15, -0.1) is 0 Å². The van der Waals surface area contributed by atoms with Gasteiger partial charge >= 0.3 is 5.69 Å². The lowest BCUT2D eigenvalue weighted by atomic mass is 10.2. The first kappa shape index (κ1) is 19.6. The molecule has 0 atom stereocenters. The van der Waals surface area contributed by atoms with Crippen molar-refractivity contribution in [3.8, 4) is 0 Å². The number of hydrogen-bond donors (Lipinski definition) is 1. The lowest BCUT2D eigenvalue weighted by Crippen LogP contribution is -2.32. The average molecular weight is 393 g/mol. The van der Waals surface area contributed by atoms with E-state index in [1.54, 1.807) is 0 Å². The number of nitrogens with one attached hydrogen (secondary N) is 1. The minimum atomic E-state index is -0.547. The topological polar surface area (TPSA) is 150 Å². The molecule has 1 aliphatic heterocycles. The Kier molecular flexibility index (Phi) is 6.45. The Bertz CT molecular complexity index is 852. The highest BCUT2D eigenvalue weighted by Crippen LogP contribution is 2.28. The first-order valence-electron chi connectivity index (χ1n) is 8.70. The Morgan fingerprint density at radius 1 is 1.07 bits per heavy atom. The van der Waals surface area contributed by atoms with Crippen LogP contribution in [0.5, 0.6) is 0 Å². The fourth-order valence-electron chi connectivity index (χ4n) is 2.75. The van der Waals surface area contributed by atoms with Gasteiger partial charge in [0, 0.05) is 25.5 Å². The number of ether oxygens (including phenoxy) is 2. The number of fused-ring (bicyclic) bond motifs is 1. The van der Waals surface area contributed by atoms with Crippen molar-refractivity contribution >= 4 is 34.2 Å². The van der Waals surface area contributed by atoms with E-state index < -0.39 is 4.92 Å². The molecule has 12 heteroatoms. The van der Waals surface area contributed by atoms with Crippen molar-refractivity contribution < 1.29 is 28.6 Å². The third-order valence-electron chi connectivity index (χ3n) is 4.14. The molecule has 0 unspecified atom stereocenters. The summed E-state index contributed by atoms with van der Waals surface area (Å²) in [4.78, 5) is 34.5. The van der Waals surface area contributed by atoms with Gasteiger partial charge in [-0.2, -0.15) is 0 Å². The van der Waals surface area contributed by atoms with E-state index in [0.29, 0.717) is 32.1 Å². The van der Waals surface area contributed by atoms with Crippen LogP contribution in [0.4, 0.5) is 11.4 Å². The van der Waals surface area contributed by atoms with Crippen LogP contribution in [-0.4, -0.2) is 71.5 Å². The normalized spacial score (nSPS) is 14.2. The minimum Gasteiger partial charge on any atom is -0.381 e. The van der Waals surface area contributed by atoms with Gasteiger partial charge in [-0.3, -0.25) is 24.6 Å². The number of rotatable bonds is 11. The number of carbonyl (C=O) groups excluding carboxylic acids is 2. The lowest BCUT2D eigenvalue weighted by Gasteiger charge is -2.13. The summed E-state index contributed by atoms with van der Waals surface area (Å²) in [5, 5.41) is 21.3. The van der Waals surface area contributed by atoms with E-state index in [1.165, 1.54) is 17.0 Å². The number of aromatic nitrogens is 2. The molecule has 0 bridgehead atoms. The zero-order chi connectivity index (χ0) is 19.9. The molecule has 0 spiro atoms. The van der Waals surface area contributed by atoms with Gasteiger partial charge in [0.1, 0.15) is 0 Å². The molecular formula is C16H19N5O7. The number of nitrogens with zero attached hydrogens (tertiary/aromatic N) is 4. The summed E-state index contributed by atoms with van der Waals surface area (Å²) in [6, 6.07) is 2.87. The maximum Gasteiger partial charge on any atom is 0.300 e. The van der Waals surface area contributed by atoms with Crippen molar-refractivity contribution in [2.45, 2.75) is 12.8 Å². The Morgan fingerprint density at radius 2 is 1.75 bits per heavy atom. The molecule has 0 aliphatic carbocycles. The SMILES string of the molecule is O=C1CCC(=O)N1CCOCCOCCNc1ccc([N+](=O)[O-])c2nonc12. The van der Waals surface area contributed by atoms with Gasteiger partial charge < -0.3 is 14.8 Å². The number of carbonyl (C=O) groups is 2. The van der Waals surface area contributed by atoms with Gasteiger partial charge in [-0.1, -0.05) is 0 Å². The third-order valence-corrected chi connectivity index (χ3v) is 4.14. The zero-order valence-electron chi connectivity index (χ0n) is 15.0. The molecule has 2 heterocycles. The fraction of sp³-hybridized carbons (Fsp3) is 0.500. The van der Waals surface area contributed by atoms with Crippen LogP contribution in [0.1, 0.15) is 12.8 Å². The Labute approximate surface area is 158 Å². The molecule has 1 saturated heterocycles. The van der Waals surface area contributed by atoms with Crippen LogP contribution >= 0.6 is 0 Å². The number of non-ortho nitro benzene ring substituents is 1. The predicted octanol–water partition coefficient (Wildman–Crippen LogP) is 0.725. The van der Waals surface area contributed by atoms with Gasteiger partial charge in [-0.25, -0.2) is 4.63 Å². The van der Waals surface area contributed by atoms with E-state index in [-0.39, 0.29) is 54.5 Å². The molecule has 3 rings (SSSR count). The molecule has 1 aromatic heterocycles. The molecule has 1 aliphatic rings. The summed E-state index contributed by atoms with van der Waals surface area (Å²) < 4.78 is 15.4. The molecule has 1 N–H and O–H groups in total. The molecule has 1 aromatic carbocycles.